The summed E-state index contributed by atoms with van der Waals surface area (Å²) in [5.41, 5.74) is 3.07. The van der Waals surface area contributed by atoms with Gasteiger partial charge in [0.2, 0.25) is 0 Å². The van der Waals surface area contributed by atoms with Crippen molar-refractivity contribution in [3.05, 3.63) is 65.0 Å². The quantitative estimate of drug-likeness (QED) is 0.472. The maximum absolute atomic E-state index is 13.1. The summed E-state index contributed by atoms with van der Waals surface area (Å²) >= 11 is 5.97. The van der Waals surface area contributed by atoms with E-state index in [4.69, 9.17) is 11.6 Å². The topological polar surface area (TPSA) is 99.6 Å². The van der Waals surface area contributed by atoms with Crippen LogP contribution in [0, 0.1) is 5.82 Å². The van der Waals surface area contributed by atoms with Crippen molar-refractivity contribution in [2.24, 2.45) is 0 Å². The first kappa shape index (κ1) is 18.3. The smallest absolute Gasteiger partial charge is 0.165 e. The summed E-state index contributed by atoms with van der Waals surface area (Å²) in [7, 11) is 0. The number of hydrogen-bond acceptors (Lipinski definition) is 6. The van der Waals surface area contributed by atoms with Gasteiger partial charge >= 0.3 is 0 Å². The van der Waals surface area contributed by atoms with E-state index < -0.39 is 0 Å². The number of anilines is 1. The molecule has 9 heteroatoms. The molecule has 0 saturated carbocycles. The third-order valence-electron chi connectivity index (χ3n) is 4.27. The Bertz CT molecular complexity index is 1130. The molecule has 28 heavy (non-hydrogen) atoms. The Balaban J connectivity index is 1.71. The Hall–Kier alpha value is -3.10. The predicted octanol–water partition coefficient (Wildman–Crippen LogP) is 3.87. The molecule has 0 aliphatic rings. The summed E-state index contributed by atoms with van der Waals surface area (Å²) in [5.74, 6) is 0.611. The van der Waals surface area contributed by atoms with Gasteiger partial charge in [0.1, 0.15) is 22.3 Å². The fraction of sp³-hybridized carbons (Fsp3) is 0.158. The summed E-state index contributed by atoms with van der Waals surface area (Å²) in [6, 6.07) is 7.76. The van der Waals surface area contributed by atoms with Crippen molar-refractivity contribution in [2.75, 3.05) is 5.32 Å². The molecule has 142 valence electrons. The van der Waals surface area contributed by atoms with Gasteiger partial charge in [-0.15, -0.1) is 0 Å². The number of aromatic amines is 1. The molecule has 0 spiro atoms. The number of aliphatic hydroxyl groups excluding tert-OH is 1. The standard InChI is InChI=1S/C19H16ClFN6O/c1-10(11-2-4-12(21)5-3-11)24-16-6-13(9-28)25-18(27-16)14-7-22-19-17(14)26-15(20)8-23-19/h2-8,10,28H,9H2,1H3,(H,22,23)(H,24,25,27)/t10-/m0/s1. The maximum atomic E-state index is 13.1. The zero-order valence-corrected chi connectivity index (χ0v) is 15.6. The van der Waals surface area contributed by atoms with Crippen molar-refractivity contribution in [3.63, 3.8) is 0 Å². The number of nitrogens with one attached hydrogen (secondary N) is 2. The SMILES string of the molecule is C[C@H](Nc1cc(CO)nc(-c2c[nH]c3ncc(Cl)nc23)n1)c1ccc(F)cc1. The van der Waals surface area contributed by atoms with Crippen LogP contribution in [0.15, 0.2) is 42.7 Å². The van der Waals surface area contributed by atoms with Crippen LogP contribution in [0.3, 0.4) is 0 Å². The Morgan fingerprint density at radius 1 is 1.21 bits per heavy atom. The summed E-state index contributed by atoms with van der Waals surface area (Å²) < 4.78 is 13.1. The van der Waals surface area contributed by atoms with Gasteiger partial charge in [-0.05, 0) is 24.6 Å². The van der Waals surface area contributed by atoms with Crippen LogP contribution in [0.4, 0.5) is 10.2 Å². The first-order chi connectivity index (χ1) is 13.5. The Morgan fingerprint density at radius 2 is 2.00 bits per heavy atom. The molecule has 7 nitrogen and oxygen atoms in total. The van der Waals surface area contributed by atoms with Crippen LogP contribution in [0.5, 0.6) is 0 Å². The molecular weight excluding hydrogens is 383 g/mol. The van der Waals surface area contributed by atoms with Crippen molar-refractivity contribution in [1.29, 1.82) is 0 Å². The number of fused-ring (bicyclic) bond motifs is 1. The van der Waals surface area contributed by atoms with E-state index in [-0.39, 0.29) is 23.6 Å². The average molecular weight is 399 g/mol. The molecule has 0 bridgehead atoms. The van der Waals surface area contributed by atoms with Crippen LogP contribution in [0.25, 0.3) is 22.6 Å². The zero-order chi connectivity index (χ0) is 19.7. The molecule has 0 saturated heterocycles. The van der Waals surface area contributed by atoms with Gasteiger partial charge in [-0.25, -0.2) is 24.3 Å². The van der Waals surface area contributed by atoms with Crippen molar-refractivity contribution >= 4 is 28.6 Å². The van der Waals surface area contributed by atoms with Crippen LogP contribution < -0.4 is 5.32 Å². The second kappa shape index (κ2) is 7.49. The van der Waals surface area contributed by atoms with Gasteiger partial charge in [0.05, 0.1) is 24.1 Å². The van der Waals surface area contributed by atoms with Gasteiger partial charge in [0, 0.05) is 18.3 Å². The Kier molecular flexibility index (Phi) is 4.89. The molecule has 1 aromatic carbocycles. The van der Waals surface area contributed by atoms with Gasteiger partial charge in [-0.2, -0.15) is 0 Å². The fourth-order valence-corrected chi connectivity index (χ4v) is 3.00. The monoisotopic (exact) mass is 398 g/mol. The molecule has 4 rings (SSSR count). The molecule has 4 aromatic rings. The number of aromatic nitrogens is 5. The van der Waals surface area contributed by atoms with Crippen LogP contribution in [0.2, 0.25) is 5.15 Å². The van der Waals surface area contributed by atoms with Gasteiger partial charge in [-0.3, -0.25) is 0 Å². The average Bonchev–Trinajstić information content (AvgIpc) is 3.11. The first-order valence-electron chi connectivity index (χ1n) is 8.54. The first-order valence-corrected chi connectivity index (χ1v) is 8.92. The van der Waals surface area contributed by atoms with E-state index in [1.165, 1.54) is 18.3 Å². The van der Waals surface area contributed by atoms with Crippen LogP contribution in [0.1, 0.15) is 24.2 Å². The van der Waals surface area contributed by atoms with Gasteiger partial charge < -0.3 is 15.4 Å². The summed E-state index contributed by atoms with van der Waals surface area (Å²) in [4.78, 5) is 20.4. The number of aliphatic hydroxyl groups is 1. The lowest BCUT2D eigenvalue weighted by atomic mass is 10.1. The highest BCUT2D eigenvalue weighted by Crippen LogP contribution is 2.27. The number of halogens is 2. The summed E-state index contributed by atoms with van der Waals surface area (Å²) in [6.45, 7) is 1.69. The predicted molar refractivity (Wildman–Crippen MR) is 104 cm³/mol. The van der Waals surface area contributed by atoms with Crippen LogP contribution in [-0.4, -0.2) is 30.0 Å². The van der Waals surface area contributed by atoms with Crippen molar-refractivity contribution in [2.45, 2.75) is 19.6 Å². The molecule has 0 fully saturated rings. The van der Waals surface area contributed by atoms with E-state index in [2.05, 4.69) is 30.2 Å². The van der Waals surface area contributed by atoms with E-state index in [0.717, 1.165) is 5.56 Å². The van der Waals surface area contributed by atoms with E-state index in [1.54, 1.807) is 24.4 Å². The second-order valence-electron chi connectivity index (χ2n) is 6.24. The van der Waals surface area contributed by atoms with Crippen LogP contribution in [-0.2, 0) is 6.61 Å². The molecule has 3 N–H and O–H groups in total. The minimum absolute atomic E-state index is 0.132. The number of H-pyrrole nitrogens is 1. The number of hydrogen-bond donors (Lipinski definition) is 3. The molecule has 0 aliphatic heterocycles. The molecule has 3 aromatic heterocycles. The normalized spacial score (nSPS) is 12.3. The van der Waals surface area contributed by atoms with E-state index in [9.17, 15) is 9.50 Å². The third kappa shape index (κ3) is 3.64. The van der Waals surface area contributed by atoms with E-state index in [0.29, 0.717) is 34.1 Å². The Labute approximate surface area is 164 Å². The minimum Gasteiger partial charge on any atom is -0.390 e. The van der Waals surface area contributed by atoms with E-state index in [1.807, 2.05) is 6.92 Å². The van der Waals surface area contributed by atoms with E-state index >= 15 is 0 Å². The summed E-state index contributed by atoms with van der Waals surface area (Å²) in [5, 5.41) is 13.1. The molecule has 3 heterocycles. The van der Waals surface area contributed by atoms with Crippen LogP contribution >= 0.6 is 11.6 Å². The molecule has 0 unspecified atom stereocenters. The highest BCUT2D eigenvalue weighted by molar-refractivity contribution is 6.29. The van der Waals surface area contributed by atoms with Crippen molar-refractivity contribution < 1.29 is 9.50 Å². The zero-order valence-electron chi connectivity index (χ0n) is 14.8. The van der Waals surface area contributed by atoms with Gasteiger partial charge in [0.25, 0.3) is 0 Å². The third-order valence-corrected chi connectivity index (χ3v) is 4.45. The number of rotatable bonds is 5. The molecule has 0 amide bonds. The minimum atomic E-state index is -0.290. The lowest BCUT2D eigenvalue weighted by Gasteiger charge is -2.16. The highest BCUT2D eigenvalue weighted by Gasteiger charge is 2.15. The fourth-order valence-electron chi connectivity index (χ4n) is 2.87. The summed E-state index contributed by atoms with van der Waals surface area (Å²) in [6.07, 6.45) is 3.15. The number of nitrogens with zero attached hydrogens (tertiary/aromatic N) is 4. The molecule has 1 atom stereocenters. The molecule has 0 radical (unpaired) electrons. The Morgan fingerprint density at radius 3 is 2.75 bits per heavy atom. The highest BCUT2D eigenvalue weighted by atomic mass is 35.5. The van der Waals surface area contributed by atoms with Gasteiger partial charge in [-0.1, -0.05) is 23.7 Å². The lowest BCUT2D eigenvalue weighted by Crippen LogP contribution is -2.10. The van der Waals surface area contributed by atoms with Crippen molar-refractivity contribution in [1.82, 2.24) is 24.9 Å². The molecule has 0 aliphatic carbocycles. The second-order valence-corrected chi connectivity index (χ2v) is 6.62. The largest absolute Gasteiger partial charge is 0.390 e. The molecular formula is C19H16ClFN6O. The van der Waals surface area contributed by atoms with Crippen molar-refractivity contribution in [3.8, 4) is 11.4 Å². The maximum Gasteiger partial charge on any atom is 0.165 e. The van der Waals surface area contributed by atoms with Gasteiger partial charge in [0.15, 0.2) is 11.5 Å². The number of benzene rings is 1. The lowest BCUT2D eigenvalue weighted by molar-refractivity contribution is 0.277.